The number of Topliss-reactive ketones (excluding diaryl/α,β-unsaturated/α-hetero) is 1. The van der Waals surface area contributed by atoms with Gasteiger partial charge < -0.3 is 28.4 Å². The molecule has 0 spiro atoms. The van der Waals surface area contributed by atoms with Crippen LogP contribution in [0.3, 0.4) is 0 Å². The number of fused-ring (bicyclic) bond motifs is 2. The quantitative estimate of drug-likeness (QED) is 0.0763. The highest BCUT2D eigenvalue weighted by molar-refractivity contribution is 5.85. The fourth-order valence-corrected chi connectivity index (χ4v) is 17.1. The third-order valence-corrected chi connectivity index (χ3v) is 25.5. The summed E-state index contributed by atoms with van der Waals surface area (Å²) in [5, 5.41) is 0. The predicted molar refractivity (Wildman–Crippen MR) is 541 cm³/mol. The van der Waals surface area contributed by atoms with E-state index in [1.54, 1.807) is 23.3 Å². The van der Waals surface area contributed by atoms with Crippen LogP contribution in [0.1, 0.15) is 389 Å². The molecule has 125 heavy (non-hydrogen) atoms. The predicted octanol–water partition coefficient (Wildman–Crippen LogP) is 34.9. The Bertz CT molecular complexity index is 4140. The highest BCUT2D eigenvalue weighted by Crippen LogP contribution is 2.42. The van der Waals surface area contributed by atoms with Crippen LogP contribution in [0, 0.1) is 62.1 Å². The molecule has 0 atom stereocenters. The number of aryl methyl sites for hydroxylation is 2. The molecule has 1 aliphatic heterocycles. The molecule has 0 aromatic heterocycles. The summed E-state index contributed by atoms with van der Waals surface area (Å²) in [6.45, 7) is 59.4. The van der Waals surface area contributed by atoms with Crippen LogP contribution in [0.25, 0.3) is 30.4 Å². The van der Waals surface area contributed by atoms with E-state index in [0.29, 0.717) is 34.5 Å². The second kappa shape index (κ2) is 51.6. The standard InChI is InChI=1S/C26H40O2.C24H36O2.C16H18O3.C16H22.2C12H22.C12H16/c1-26(2,3)17-16-23-18-24(27-19-21-10-6-4-7-11-21)14-15-25(23)28-20-22-12-8-5-9-13-22;1-24(2,3)17-16-19-18-22(25-20-10-6-4-7-11-20)14-15-23(19)26-21-12-8-5-9-13-21;1-11-5-6-12-9-13(7-8-14(12)19-11)18-10-15(17)16(2,3)4;1-16(2,3)11-10-13-8-9-14-6-4-5-7-15(14)12-13;1-12(2,3)10-9-11-7-5-4-6-8-11;2*1-5-10-6-8-11(9-7-10)12(2,3)4/h14-18,21-22H,4-13,19-20H2,1-3H3;14-18,20-21H,4-13H2,1-3H3;5-9H,1,10H2,2-4H3;8-12H,4-7H2,1-3H3;9-11H,4-8H2,1-3H3;5,10-11H,1,6-9H2,2-4H3;5-9H,1H2,2-4H3/b2*17-16+;;11-10+;10-9+;;. The van der Waals surface area contributed by atoms with Gasteiger partial charge in [-0.05, 0) is 298 Å². The maximum Gasteiger partial charge on any atom is 0.175 e. The van der Waals surface area contributed by atoms with Gasteiger partial charge in [0.2, 0.25) is 0 Å². The fourth-order valence-electron chi connectivity index (χ4n) is 17.1. The smallest absolute Gasteiger partial charge is 0.175 e. The van der Waals surface area contributed by atoms with Crippen molar-refractivity contribution in [1.29, 1.82) is 0 Å². The summed E-state index contributed by atoms with van der Waals surface area (Å²) in [5.74, 6) is 10.2. The summed E-state index contributed by atoms with van der Waals surface area (Å²) in [6, 6.07) is 33.7. The Morgan fingerprint density at radius 3 is 1.39 bits per heavy atom. The van der Waals surface area contributed by atoms with E-state index in [1.165, 1.54) is 229 Å². The molecular formula is C118H176O7. The number of benzene rings is 5. The number of carbonyl (C=O) groups excluding carboxylic acids is 1. The number of hydrogen-bond donors (Lipinski definition) is 0. The number of carbonyl (C=O) groups is 1. The third-order valence-electron chi connectivity index (χ3n) is 25.5. The summed E-state index contributed by atoms with van der Waals surface area (Å²) in [6.07, 6.45) is 70.9. The van der Waals surface area contributed by atoms with Gasteiger partial charge in [-0.1, -0.05) is 332 Å². The minimum Gasteiger partial charge on any atom is -0.493 e. The SMILES string of the molecule is C=C1C=Cc2cc(OCC(=O)C(C)(C)C)ccc2O1.C=CC1CCC(C(C)(C)C)CC1.C=Cc1ccc(C(C)(C)C)cc1.CC(C)(C)/C=C/C1CCCCC1.CC(C)(C)/C=C/c1cc(OC2CCCCC2)ccc1OC1CCCCC1.CC(C)(C)/C=C/c1cc(OCC2CCCCC2)ccc1OCC1CCCCC1.CC(C)(C)/C=C/c1ccc2c(c1)CCCC2. The molecule has 6 saturated carbocycles. The molecule has 7 nitrogen and oxygen atoms in total. The van der Waals surface area contributed by atoms with E-state index in [9.17, 15) is 4.79 Å². The molecule has 7 aliphatic carbocycles. The maximum atomic E-state index is 11.8. The van der Waals surface area contributed by atoms with Gasteiger partial charge in [0.15, 0.2) is 5.78 Å². The topological polar surface area (TPSA) is 72.5 Å². The molecule has 0 amide bonds. The molecule has 690 valence electrons. The maximum absolute atomic E-state index is 11.8. The first-order valence-electron chi connectivity index (χ1n) is 49.5. The minimum atomic E-state index is -0.380. The van der Waals surface area contributed by atoms with Crippen LogP contribution in [-0.2, 0) is 23.1 Å². The zero-order valence-electron chi connectivity index (χ0n) is 83.1. The van der Waals surface area contributed by atoms with Crippen LogP contribution in [-0.4, -0.2) is 37.8 Å². The second-order valence-electron chi connectivity index (χ2n) is 45.1. The Hall–Kier alpha value is -7.51. The lowest BCUT2D eigenvalue weighted by molar-refractivity contribution is -0.128. The molecule has 7 heteroatoms. The van der Waals surface area contributed by atoms with Crippen LogP contribution < -0.4 is 28.4 Å². The lowest BCUT2D eigenvalue weighted by Crippen LogP contribution is -2.26. The minimum absolute atomic E-state index is 0.0744. The zero-order chi connectivity index (χ0) is 91.3. The van der Waals surface area contributed by atoms with E-state index in [0.717, 1.165) is 88.2 Å². The zero-order valence-corrected chi connectivity index (χ0v) is 83.1. The molecule has 0 unspecified atom stereocenters. The summed E-state index contributed by atoms with van der Waals surface area (Å²) >= 11 is 0. The van der Waals surface area contributed by atoms with Crippen molar-refractivity contribution in [3.63, 3.8) is 0 Å². The summed E-state index contributed by atoms with van der Waals surface area (Å²) in [5.41, 5.74) is 11.6. The van der Waals surface area contributed by atoms with E-state index in [1.807, 2.05) is 45.1 Å². The van der Waals surface area contributed by atoms with Crippen LogP contribution in [0.5, 0.6) is 34.5 Å². The normalized spacial score (nSPS) is 19.1. The molecule has 0 bridgehead atoms. The van der Waals surface area contributed by atoms with Crippen molar-refractivity contribution in [3.8, 4) is 34.5 Å². The Morgan fingerprint density at radius 2 is 0.872 bits per heavy atom. The molecule has 0 radical (unpaired) electrons. The Labute approximate surface area is 765 Å². The van der Waals surface area contributed by atoms with Gasteiger partial charge in [-0.3, -0.25) is 4.79 Å². The van der Waals surface area contributed by atoms with Gasteiger partial charge in [-0.25, -0.2) is 0 Å². The summed E-state index contributed by atoms with van der Waals surface area (Å²) in [7, 11) is 0. The lowest BCUT2D eigenvalue weighted by Gasteiger charge is -2.36. The van der Waals surface area contributed by atoms with E-state index in [4.69, 9.17) is 28.4 Å². The van der Waals surface area contributed by atoms with Gasteiger partial charge in [0.05, 0.1) is 25.4 Å². The van der Waals surface area contributed by atoms with Gasteiger partial charge in [-0.2, -0.15) is 0 Å². The number of hydrogen-bond acceptors (Lipinski definition) is 7. The molecule has 1 heterocycles. The van der Waals surface area contributed by atoms with Gasteiger partial charge in [-0.15, -0.1) is 6.58 Å². The van der Waals surface area contributed by atoms with Crippen molar-refractivity contribution in [2.45, 2.75) is 375 Å². The first-order valence-corrected chi connectivity index (χ1v) is 49.5. The average Bonchev–Trinajstić information content (AvgIpc) is 0.792. The van der Waals surface area contributed by atoms with Crippen LogP contribution >= 0.6 is 0 Å². The van der Waals surface area contributed by atoms with Crippen molar-refractivity contribution < 1.29 is 33.2 Å². The van der Waals surface area contributed by atoms with E-state index in [-0.39, 0.29) is 39.5 Å². The molecule has 0 N–H and O–H groups in total. The third kappa shape index (κ3) is 42.5. The Kier molecular flexibility index (Phi) is 43.2. The van der Waals surface area contributed by atoms with Gasteiger partial charge in [0, 0.05) is 22.1 Å². The average molecular weight is 1710 g/mol. The monoisotopic (exact) mass is 1710 g/mol. The molecule has 6 fully saturated rings. The molecule has 5 aromatic carbocycles. The van der Waals surface area contributed by atoms with E-state index >= 15 is 0 Å². The van der Waals surface area contributed by atoms with Gasteiger partial charge in [0.1, 0.15) is 46.9 Å². The first-order chi connectivity index (χ1) is 59.0. The first kappa shape index (κ1) is 105. The Balaban J connectivity index is 0.000000206. The van der Waals surface area contributed by atoms with Crippen LogP contribution in [0.4, 0.5) is 0 Å². The number of allylic oxidation sites excluding steroid dienone is 7. The molecular weight excluding hydrogens is 1530 g/mol. The van der Waals surface area contributed by atoms with Crippen molar-refractivity contribution in [1.82, 2.24) is 0 Å². The van der Waals surface area contributed by atoms with Crippen molar-refractivity contribution in [2.75, 3.05) is 19.8 Å². The Morgan fingerprint density at radius 1 is 0.408 bits per heavy atom. The largest absolute Gasteiger partial charge is 0.493 e. The summed E-state index contributed by atoms with van der Waals surface area (Å²) < 4.78 is 36.1. The van der Waals surface area contributed by atoms with Crippen molar-refractivity contribution >= 4 is 36.2 Å². The molecule has 5 aromatic rings. The fraction of sp³-hybridized carbons (Fsp3) is 0.602. The van der Waals surface area contributed by atoms with Crippen molar-refractivity contribution in [3.05, 3.63) is 210 Å². The molecule has 0 saturated heterocycles. The van der Waals surface area contributed by atoms with E-state index < -0.39 is 0 Å². The number of ether oxygens (including phenoxy) is 6. The van der Waals surface area contributed by atoms with Crippen LogP contribution in [0.15, 0.2) is 165 Å². The molecule has 13 rings (SSSR count). The molecule has 8 aliphatic rings. The number of rotatable bonds is 19. The highest BCUT2D eigenvalue weighted by atomic mass is 16.5. The van der Waals surface area contributed by atoms with Gasteiger partial charge in [0.25, 0.3) is 0 Å². The van der Waals surface area contributed by atoms with E-state index in [2.05, 4.69) is 278 Å². The number of ketones is 1. The van der Waals surface area contributed by atoms with Crippen molar-refractivity contribution in [2.24, 2.45) is 62.1 Å². The lowest BCUT2D eigenvalue weighted by atomic mass is 9.70. The summed E-state index contributed by atoms with van der Waals surface area (Å²) in [4.78, 5) is 11.8. The highest BCUT2D eigenvalue weighted by Gasteiger charge is 2.30. The van der Waals surface area contributed by atoms with Crippen LogP contribution in [0.2, 0.25) is 0 Å². The van der Waals surface area contributed by atoms with Gasteiger partial charge >= 0.3 is 0 Å². The second-order valence-corrected chi connectivity index (χ2v) is 45.1.